The second-order valence-electron chi connectivity index (χ2n) is 6.51. The molecule has 1 saturated carbocycles. The average Bonchev–Trinajstić information content (AvgIpc) is 3.06. The highest BCUT2D eigenvalue weighted by Gasteiger charge is 2.38. The first-order chi connectivity index (χ1) is 10.8. The van der Waals surface area contributed by atoms with Gasteiger partial charge in [-0.1, -0.05) is 11.6 Å². The number of hydrogen-bond acceptors (Lipinski definition) is 6. The fourth-order valence-electron chi connectivity index (χ4n) is 3.97. The van der Waals surface area contributed by atoms with E-state index in [1.165, 1.54) is 19.3 Å². The van der Waals surface area contributed by atoms with Gasteiger partial charge >= 0.3 is 5.97 Å². The molecule has 1 aliphatic heterocycles. The molecule has 0 radical (unpaired) electrons. The third kappa shape index (κ3) is 3.63. The van der Waals surface area contributed by atoms with Crippen LogP contribution in [0.4, 0.5) is 0 Å². The molecule has 1 aromatic heterocycles. The predicted molar refractivity (Wildman–Crippen MR) is 79.9 cm³/mol. The number of piperidine rings is 1. The quantitative estimate of drug-likeness (QED) is 0.791. The van der Waals surface area contributed by atoms with Gasteiger partial charge in [-0.15, -0.1) is 10.2 Å². The van der Waals surface area contributed by atoms with Crippen molar-refractivity contribution in [2.45, 2.75) is 51.5 Å². The fourth-order valence-corrected chi connectivity index (χ4v) is 3.97. The molecule has 7 nitrogen and oxygen atoms in total. The summed E-state index contributed by atoms with van der Waals surface area (Å²) in [5.41, 5.74) is 0. The molecule has 3 rings (SSSR count). The number of nitrogens with one attached hydrogen (secondary N) is 2. The van der Waals surface area contributed by atoms with E-state index in [1.807, 2.05) is 6.92 Å². The van der Waals surface area contributed by atoms with Crippen LogP contribution in [0.15, 0.2) is 0 Å². The SMILES string of the molecule is CCOC(=O)C1CC2CC(CCc3nn[nH]n3)CCC2CN1. The average molecular weight is 307 g/mol. The number of aromatic amines is 1. The van der Waals surface area contributed by atoms with E-state index in [9.17, 15) is 4.79 Å². The number of nitrogens with zero attached hydrogens (tertiary/aromatic N) is 3. The number of ether oxygens (including phenoxy) is 1. The van der Waals surface area contributed by atoms with Crippen molar-refractivity contribution in [2.24, 2.45) is 17.8 Å². The standard InChI is InChI=1S/C15H25N5O2/c1-2-22-15(21)13-8-12-7-10(3-5-11(12)9-16-13)4-6-14-17-19-20-18-14/h10-13,16H,2-9H2,1H3,(H,17,18,19,20). The Morgan fingerprint density at radius 3 is 3.00 bits per heavy atom. The van der Waals surface area contributed by atoms with E-state index in [1.54, 1.807) is 0 Å². The summed E-state index contributed by atoms with van der Waals surface area (Å²) in [7, 11) is 0. The number of rotatable bonds is 5. The normalized spacial score (nSPS) is 31.5. The van der Waals surface area contributed by atoms with E-state index < -0.39 is 0 Å². The number of aromatic nitrogens is 4. The highest BCUT2D eigenvalue weighted by atomic mass is 16.5. The summed E-state index contributed by atoms with van der Waals surface area (Å²) in [5.74, 6) is 2.78. The van der Waals surface area contributed by atoms with Gasteiger partial charge in [0.15, 0.2) is 5.82 Å². The van der Waals surface area contributed by atoms with Gasteiger partial charge in [0.2, 0.25) is 0 Å². The Kier molecular flexibility index (Phi) is 5.02. The lowest BCUT2D eigenvalue weighted by atomic mass is 9.69. The topological polar surface area (TPSA) is 92.8 Å². The van der Waals surface area contributed by atoms with Crippen LogP contribution in [0.2, 0.25) is 0 Å². The number of tetrazole rings is 1. The number of hydrogen-bond donors (Lipinski definition) is 2. The number of carbonyl (C=O) groups is 1. The summed E-state index contributed by atoms with van der Waals surface area (Å²) in [5, 5.41) is 17.5. The van der Waals surface area contributed by atoms with Crippen molar-refractivity contribution < 1.29 is 9.53 Å². The molecule has 2 fully saturated rings. The van der Waals surface area contributed by atoms with E-state index in [-0.39, 0.29) is 12.0 Å². The maximum Gasteiger partial charge on any atom is 0.323 e. The van der Waals surface area contributed by atoms with Gasteiger partial charge in [0.05, 0.1) is 6.61 Å². The van der Waals surface area contributed by atoms with Crippen LogP contribution in [0, 0.1) is 17.8 Å². The van der Waals surface area contributed by atoms with Gasteiger partial charge in [-0.25, -0.2) is 0 Å². The van der Waals surface area contributed by atoms with Crippen LogP contribution in [0.3, 0.4) is 0 Å². The van der Waals surface area contributed by atoms with Crippen molar-refractivity contribution in [3.8, 4) is 0 Å². The molecule has 4 atom stereocenters. The van der Waals surface area contributed by atoms with E-state index >= 15 is 0 Å². The van der Waals surface area contributed by atoms with E-state index in [2.05, 4.69) is 25.9 Å². The Morgan fingerprint density at radius 1 is 1.32 bits per heavy atom. The number of aryl methyl sites for hydroxylation is 1. The minimum absolute atomic E-state index is 0.0881. The summed E-state index contributed by atoms with van der Waals surface area (Å²) in [6.45, 7) is 3.27. The number of carbonyl (C=O) groups excluding carboxylic acids is 1. The van der Waals surface area contributed by atoms with Crippen LogP contribution < -0.4 is 5.32 Å². The molecule has 0 aromatic carbocycles. The Labute approximate surface area is 130 Å². The number of esters is 1. The molecule has 22 heavy (non-hydrogen) atoms. The minimum atomic E-state index is -0.114. The van der Waals surface area contributed by atoms with Crippen molar-refractivity contribution >= 4 is 5.97 Å². The Balaban J connectivity index is 1.50. The maximum absolute atomic E-state index is 11.9. The fraction of sp³-hybridized carbons (Fsp3) is 0.867. The van der Waals surface area contributed by atoms with Crippen LogP contribution in [0.25, 0.3) is 0 Å². The van der Waals surface area contributed by atoms with Gasteiger partial charge in [0.1, 0.15) is 6.04 Å². The molecule has 7 heteroatoms. The van der Waals surface area contributed by atoms with Crippen LogP contribution in [-0.2, 0) is 16.0 Å². The zero-order valence-electron chi connectivity index (χ0n) is 13.1. The van der Waals surface area contributed by atoms with Gasteiger partial charge < -0.3 is 10.1 Å². The molecule has 1 aromatic rings. The van der Waals surface area contributed by atoms with E-state index in [0.29, 0.717) is 24.4 Å². The van der Waals surface area contributed by atoms with E-state index in [0.717, 1.165) is 31.6 Å². The van der Waals surface area contributed by atoms with Crippen LogP contribution >= 0.6 is 0 Å². The molecular weight excluding hydrogens is 282 g/mol. The number of H-pyrrole nitrogens is 1. The van der Waals surface area contributed by atoms with Crippen molar-refractivity contribution in [1.29, 1.82) is 0 Å². The molecule has 0 amide bonds. The highest BCUT2D eigenvalue weighted by Crippen LogP contribution is 2.40. The molecule has 2 aliphatic rings. The molecule has 2 N–H and O–H groups in total. The summed E-state index contributed by atoms with van der Waals surface area (Å²) in [4.78, 5) is 11.9. The van der Waals surface area contributed by atoms with Crippen molar-refractivity contribution in [3.63, 3.8) is 0 Å². The van der Waals surface area contributed by atoms with Crippen LogP contribution in [0.1, 0.15) is 44.9 Å². The molecule has 0 bridgehead atoms. The smallest absolute Gasteiger partial charge is 0.323 e. The highest BCUT2D eigenvalue weighted by molar-refractivity contribution is 5.75. The summed E-state index contributed by atoms with van der Waals surface area (Å²) in [6.07, 6.45) is 6.65. The van der Waals surface area contributed by atoms with Gasteiger partial charge in [0.25, 0.3) is 0 Å². The Morgan fingerprint density at radius 2 is 2.23 bits per heavy atom. The predicted octanol–water partition coefficient (Wildman–Crippen LogP) is 1.09. The molecule has 122 valence electrons. The van der Waals surface area contributed by atoms with Crippen LogP contribution in [-0.4, -0.2) is 45.8 Å². The zero-order valence-corrected chi connectivity index (χ0v) is 13.1. The lowest BCUT2D eigenvalue weighted by Crippen LogP contribution is -2.50. The molecule has 2 heterocycles. The molecule has 4 unspecified atom stereocenters. The Hall–Kier alpha value is -1.50. The molecule has 1 aliphatic carbocycles. The lowest BCUT2D eigenvalue weighted by molar-refractivity contribution is -0.147. The summed E-state index contributed by atoms with van der Waals surface area (Å²) < 4.78 is 5.16. The monoisotopic (exact) mass is 307 g/mol. The molecular formula is C15H25N5O2. The minimum Gasteiger partial charge on any atom is -0.465 e. The van der Waals surface area contributed by atoms with Crippen molar-refractivity contribution in [2.75, 3.05) is 13.2 Å². The first kappa shape index (κ1) is 15.4. The van der Waals surface area contributed by atoms with Gasteiger partial charge in [-0.05, 0) is 56.9 Å². The summed E-state index contributed by atoms with van der Waals surface area (Å²) in [6, 6.07) is -0.114. The second-order valence-corrected chi connectivity index (χ2v) is 6.51. The third-order valence-electron chi connectivity index (χ3n) is 5.15. The van der Waals surface area contributed by atoms with Gasteiger partial charge in [-0.3, -0.25) is 4.79 Å². The van der Waals surface area contributed by atoms with Gasteiger partial charge in [-0.2, -0.15) is 5.21 Å². The first-order valence-electron chi connectivity index (χ1n) is 8.38. The van der Waals surface area contributed by atoms with E-state index in [4.69, 9.17) is 4.74 Å². The van der Waals surface area contributed by atoms with Crippen molar-refractivity contribution in [3.05, 3.63) is 5.82 Å². The largest absolute Gasteiger partial charge is 0.465 e. The lowest BCUT2D eigenvalue weighted by Gasteiger charge is -2.42. The Bertz CT molecular complexity index is 478. The molecule has 1 saturated heterocycles. The second kappa shape index (κ2) is 7.17. The summed E-state index contributed by atoms with van der Waals surface area (Å²) >= 11 is 0. The number of fused-ring (bicyclic) bond motifs is 1. The van der Waals surface area contributed by atoms with Gasteiger partial charge in [0, 0.05) is 6.42 Å². The van der Waals surface area contributed by atoms with Crippen molar-refractivity contribution in [1.82, 2.24) is 25.9 Å². The maximum atomic E-state index is 11.9. The first-order valence-corrected chi connectivity index (χ1v) is 8.38. The zero-order chi connectivity index (χ0) is 15.4. The molecule has 0 spiro atoms. The van der Waals surface area contributed by atoms with Crippen LogP contribution in [0.5, 0.6) is 0 Å². The third-order valence-corrected chi connectivity index (χ3v) is 5.15.